The van der Waals surface area contributed by atoms with Crippen LogP contribution in [-0.4, -0.2) is 24.5 Å². The SMILES string of the molecule is COc1ccc(NCC(=O)NCc2ccccc2)cn1. The number of carbonyl (C=O) groups excluding carboxylic acids is 1. The van der Waals surface area contributed by atoms with Gasteiger partial charge in [0, 0.05) is 12.6 Å². The van der Waals surface area contributed by atoms with Gasteiger partial charge in [0.05, 0.1) is 25.5 Å². The molecule has 0 unspecified atom stereocenters. The molecule has 0 atom stereocenters. The van der Waals surface area contributed by atoms with Crippen LogP contribution in [-0.2, 0) is 11.3 Å². The predicted molar refractivity (Wildman–Crippen MR) is 77.6 cm³/mol. The highest BCUT2D eigenvalue weighted by Crippen LogP contribution is 2.10. The zero-order chi connectivity index (χ0) is 14.2. The number of benzene rings is 1. The van der Waals surface area contributed by atoms with Crippen LogP contribution in [0.3, 0.4) is 0 Å². The Morgan fingerprint density at radius 1 is 1.20 bits per heavy atom. The van der Waals surface area contributed by atoms with E-state index in [-0.39, 0.29) is 12.5 Å². The largest absolute Gasteiger partial charge is 0.481 e. The molecule has 0 aliphatic heterocycles. The van der Waals surface area contributed by atoms with E-state index in [0.29, 0.717) is 12.4 Å². The molecule has 0 radical (unpaired) electrons. The van der Waals surface area contributed by atoms with Gasteiger partial charge in [-0.3, -0.25) is 4.79 Å². The molecule has 2 rings (SSSR count). The number of nitrogens with one attached hydrogen (secondary N) is 2. The van der Waals surface area contributed by atoms with Crippen molar-refractivity contribution in [3.8, 4) is 5.88 Å². The van der Waals surface area contributed by atoms with Gasteiger partial charge in [0.15, 0.2) is 0 Å². The average molecular weight is 271 g/mol. The monoisotopic (exact) mass is 271 g/mol. The van der Waals surface area contributed by atoms with Crippen molar-refractivity contribution in [1.82, 2.24) is 10.3 Å². The summed E-state index contributed by atoms with van der Waals surface area (Å²) in [5, 5.41) is 5.85. The number of methoxy groups -OCH3 is 1. The molecule has 0 fully saturated rings. The number of pyridine rings is 1. The van der Waals surface area contributed by atoms with Gasteiger partial charge in [0.2, 0.25) is 11.8 Å². The van der Waals surface area contributed by atoms with Gasteiger partial charge in [0.1, 0.15) is 0 Å². The lowest BCUT2D eigenvalue weighted by Crippen LogP contribution is -2.29. The van der Waals surface area contributed by atoms with Crippen molar-refractivity contribution < 1.29 is 9.53 Å². The maximum absolute atomic E-state index is 11.7. The first kappa shape index (κ1) is 13.9. The smallest absolute Gasteiger partial charge is 0.239 e. The van der Waals surface area contributed by atoms with Gasteiger partial charge in [-0.25, -0.2) is 4.98 Å². The zero-order valence-corrected chi connectivity index (χ0v) is 11.3. The third kappa shape index (κ3) is 4.28. The van der Waals surface area contributed by atoms with Gasteiger partial charge >= 0.3 is 0 Å². The van der Waals surface area contributed by atoms with Crippen LogP contribution in [0, 0.1) is 0 Å². The quantitative estimate of drug-likeness (QED) is 0.841. The van der Waals surface area contributed by atoms with E-state index >= 15 is 0 Å². The van der Waals surface area contributed by atoms with Crippen molar-refractivity contribution in [3.63, 3.8) is 0 Å². The predicted octanol–water partition coefficient (Wildman–Crippen LogP) is 1.82. The molecule has 104 valence electrons. The number of anilines is 1. The molecule has 20 heavy (non-hydrogen) atoms. The van der Waals surface area contributed by atoms with Crippen LogP contribution < -0.4 is 15.4 Å². The summed E-state index contributed by atoms with van der Waals surface area (Å²) in [4.78, 5) is 15.7. The van der Waals surface area contributed by atoms with Crippen molar-refractivity contribution in [2.24, 2.45) is 0 Å². The van der Waals surface area contributed by atoms with E-state index < -0.39 is 0 Å². The molecule has 0 aliphatic carbocycles. The van der Waals surface area contributed by atoms with Crippen LogP contribution in [0.25, 0.3) is 0 Å². The van der Waals surface area contributed by atoms with E-state index in [4.69, 9.17) is 4.74 Å². The third-order valence-electron chi connectivity index (χ3n) is 2.73. The molecule has 5 nitrogen and oxygen atoms in total. The van der Waals surface area contributed by atoms with Crippen LogP contribution in [0.2, 0.25) is 0 Å². The summed E-state index contributed by atoms with van der Waals surface area (Å²) < 4.78 is 4.96. The fourth-order valence-electron chi connectivity index (χ4n) is 1.65. The number of hydrogen-bond donors (Lipinski definition) is 2. The van der Waals surface area contributed by atoms with Crippen molar-refractivity contribution >= 4 is 11.6 Å². The Hall–Kier alpha value is -2.56. The molecule has 0 bridgehead atoms. The molecule has 0 aliphatic rings. The van der Waals surface area contributed by atoms with E-state index in [1.807, 2.05) is 36.4 Å². The van der Waals surface area contributed by atoms with Gasteiger partial charge < -0.3 is 15.4 Å². The molecule has 1 heterocycles. The highest BCUT2D eigenvalue weighted by Gasteiger charge is 2.01. The second-order valence-electron chi connectivity index (χ2n) is 4.21. The molecule has 1 aromatic heterocycles. The lowest BCUT2D eigenvalue weighted by molar-refractivity contribution is -0.119. The second-order valence-corrected chi connectivity index (χ2v) is 4.21. The summed E-state index contributed by atoms with van der Waals surface area (Å²) in [7, 11) is 1.56. The highest BCUT2D eigenvalue weighted by molar-refractivity contribution is 5.80. The van der Waals surface area contributed by atoms with Gasteiger partial charge in [-0.1, -0.05) is 30.3 Å². The van der Waals surface area contributed by atoms with Crippen LogP contribution in [0.4, 0.5) is 5.69 Å². The molecule has 1 aromatic carbocycles. The van der Waals surface area contributed by atoms with Gasteiger partial charge in [-0.2, -0.15) is 0 Å². The number of aromatic nitrogens is 1. The fraction of sp³-hybridized carbons (Fsp3) is 0.200. The van der Waals surface area contributed by atoms with Crippen LogP contribution >= 0.6 is 0 Å². The number of ether oxygens (including phenoxy) is 1. The summed E-state index contributed by atoms with van der Waals surface area (Å²) in [6.45, 7) is 0.739. The Labute approximate surface area is 118 Å². The number of amides is 1. The summed E-state index contributed by atoms with van der Waals surface area (Å²) in [5.41, 5.74) is 1.85. The van der Waals surface area contributed by atoms with Crippen molar-refractivity contribution in [3.05, 3.63) is 54.2 Å². The lowest BCUT2D eigenvalue weighted by Gasteiger charge is -2.08. The van der Waals surface area contributed by atoms with Crippen LogP contribution in [0.1, 0.15) is 5.56 Å². The molecular weight excluding hydrogens is 254 g/mol. The summed E-state index contributed by atoms with van der Waals surface area (Å²) >= 11 is 0. The van der Waals surface area contributed by atoms with E-state index in [2.05, 4.69) is 15.6 Å². The number of hydrogen-bond acceptors (Lipinski definition) is 4. The Bertz CT molecular complexity index is 541. The Balaban J connectivity index is 1.74. The zero-order valence-electron chi connectivity index (χ0n) is 11.3. The normalized spacial score (nSPS) is 9.85. The number of carbonyl (C=O) groups is 1. The first-order valence-electron chi connectivity index (χ1n) is 6.32. The number of rotatable bonds is 6. The molecule has 0 saturated carbocycles. The molecule has 0 saturated heterocycles. The highest BCUT2D eigenvalue weighted by atomic mass is 16.5. The first-order chi connectivity index (χ1) is 9.78. The molecule has 1 amide bonds. The van der Waals surface area contributed by atoms with Gasteiger partial charge in [-0.05, 0) is 11.6 Å². The van der Waals surface area contributed by atoms with Crippen LogP contribution in [0.15, 0.2) is 48.7 Å². The minimum Gasteiger partial charge on any atom is -0.481 e. The topological polar surface area (TPSA) is 63.2 Å². The number of nitrogens with zero attached hydrogens (tertiary/aromatic N) is 1. The standard InChI is InChI=1S/C15H17N3O2/c1-20-15-8-7-13(10-18-15)16-11-14(19)17-9-12-5-3-2-4-6-12/h2-8,10,16H,9,11H2,1H3,(H,17,19). The van der Waals surface area contributed by atoms with E-state index in [9.17, 15) is 4.79 Å². The molecular formula is C15H17N3O2. The summed E-state index contributed by atoms with van der Waals surface area (Å²) in [6, 6.07) is 13.3. The lowest BCUT2D eigenvalue weighted by atomic mass is 10.2. The molecule has 2 aromatic rings. The van der Waals surface area contributed by atoms with E-state index in [0.717, 1.165) is 11.3 Å². The van der Waals surface area contributed by atoms with Gasteiger partial charge in [-0.15, -0.1) is 0 Å². The maximum atomic E-state index is 11.7. The fourth-order valence-corrected chi connectivity index (χ4v) is 1.65. The third-order valence-corrected chi connectivity index (χ3v) is 2.73. The Kier molecular flexibility index (Phi) is 4.94. The molecule has 5 heteroatoms. The average Bonchev–Trinajstić information content (AvgIpc) is 2.52. The Morgan fingerprint density at radius 3 is 2.65 bits per heavy atom. The van der Waals surface area contributed by atoms with Gasteiger partial charge in [0.25, 0.3) is 0 Å². The van der Waals surface area contributed by atoms with Crippen molar-refractivity contribution in [1.29, 1.82) is 0 Å². The van der Waals surface area contributed by atoms with Crippen LogP contribution in [0.5, 0.6) is 5.88 Å². The molecule has 2 N–H and O–H groups in total. The van der Waals surface area contributed by atoms with E-state index in [1.165, 1.54) is 0 Å². The van der Waals surface area contributed by atoms with E-state index in [1.54, 1.807) is 19.4 Å². The molecule has 0 spiro atoms. The van der Waals surface area contributed by atoms with Crippen molar-refractivity contribution in [2.45, 2.75) is 6.54 Å². The minimum atomic E-state index is -0.0651. The maximum Gasteiger partial charge on any atom is 0.239 e. The second kappa shape index (κ2) is 7.13. The van der Waals surface area contributed by atoms with Crippen molar-refractivity contribution in [2.75, 3.05) is 19.0 Å². The Morgan fingerprint density at radius 2 is 2.00 bits per heavy atom. The summed E-state index contributed by atoms with van der Waals surface area (Å²) in [6.07, 6.45) is 1.63. The summed E-state index contributed by atoms with van der Waals surface area (Å²) in [5.74, 6) is 0.480. The minimum absolute atomic E-state index is 0.0651. The first-order valence-corrected chi connectivity index (χ1v) is 6.32.